The van der Waals surface area contributed by atoms with Crippen molar-refractivity contribution in [3.05, 3.63) is 39.7 Å². The zero-order valence-electron chi connectivity index (χ0n) is 15.8. The lowest BCUT2D eigenvalue weighted by Gasteiger charge is -2.26. The lowest BCUT2D eigenvalue weighted by atomic mass is 9.97. The Morgan fingerprint density at radius 2 is 1.54 bits per heavy atom. The van der Waals surface area contributed by atoms with Crippen molar-refractivity contribution in [1.82, 2.24) is 0 Å². The number of nitro benzene ring substituents is 1. The second kappa shape index (κ2) is 7.80. The molecule has 144 valence electrons. The average molecular weight is 369 g/mol. The van der Waals surface area contributed by atoms with Crippen molar-refractivity contribution in [2.45, 2.75) is 59.2 Å². The predicted molar refractivity (Wildman–Crippen MR) is 91.9 cm³/mol. The molecule has 0 unspecified atom stereocenters. The molecule has 0 heterocycles. The zero-order valence-corrected chi connectivity index (χ0v) is 15.8. The van der Waals surface area contributed by atoms with E-state index >= 15 is 0 Å². The SMILES string of the molecule is CC(C)(C)OC(=O)C(Cc1cc([N+](=O)[O-])ccc1F)C(=O)OC(C)(C)C. The molecule has 1 aromatic rings. The van der Waals surface area contributed by atoms with E-state index in [2.05, 4.69) is 0 Å². The summed E-state index contributed by atoms with van der Waals surface area (Å²) in [7, 11) is 0. The Hall–Kier alpha value is -2.51. The number of benzene rings is 1. The number of hydrogen-bond donors (Lipinski definition) is 0. The molecule has 0 saturated heterocycles. The smallest absolute Gasteiger partial charge is 0.321 e. The van der Waals surface area contributed by atoms with Crippen LogP contribution in [0.3, 0.4) is 0 Å². The number of hydrogen-bond acceptors (Lipinski definition) is 6. The Morgan fingerprint density at radius 3 is 1.92 bits per heavy atom. The minimum absolute atomic E-state index is 0.138. The van der Waals surface area contributed by atoms with Crippen LogP contribution in [0.15, 0.2) is 18.2 Å². The molecule has 0 amide bonds. The topological polar surface area (TPSA) is 95.7 Å². The quantitative estimate of drug-likeness (QED) is 0.341. The van der Waals surface area contributed by atoms with Gasteiger partial charge in [0.25, 0.3) is 5.69 Å². The molecule has 7 nitrogen and oxygen atoms in total. The van der Waals surface area contributed by atoms with Gasteiger partial charge in [0.05, 0.1) is 4.92 Å². The van der Waals surface area contributed by atoms with Gasteiger partial charge in [0.15, 0.2) is 5.92 Å². The van der Waals surface area contributed by atoms with E-state index in [9.17, 15) is 24.1 Å². The van der Waals surface area contributed by atoms with Gasteiger partial charge >= 0.3 is 11.9 Å². The van der Waals surface area contributed by atoms with Gasteiger partial charge in [-0.3, -0.25) is 19.7 Å². The largest absolute Gasteiger partial charge is 0.459 e. The van der Waals surface area contributed by atoms with Crippen LogP contribution in [0.2, 0.25) is 0 Å². The fourth-order valence-corrected chi connectivity index (χ4v) is 2.06. The van der Waals surface area contributed by atoms with E-state index in [0.29, 0.717) is 0 Å². The number of carbonyl (C=O) groups is 2. The average Bonchev–Trinajstić information content (AvgIpc) is 2.41. The number of nitro groups is 1. The molecule has 0 aliphatic rings. The number of ether oxygens (including phenoxy) is 2. The molecule has 1 rings (SSSR count). The van der Waals surface area contributed by atoms with Gasteiger partial charge in [-0.25, -0.2) is 4.39 Å². The summed E-state index contributed by atoms with van der Waals surface area (Å²) in [5.74, 6) is -3.95. The van der Waals surface area contributed by atoms with Crippen LogP contribution >= 0.6 is 0 Å². The first-order valence-electron chi connectivity index (χ1n) is 8.08. The Kier molecular flexibility index (Phi) is 6.46. The minimum atomic E-state index is -1.44. The second-order valence-corrected chi connectivity index (χ2v) is 7.86. The van der Waals surface area contributed by atoms with E-state index in [0.717, 1.165) is 18.2 Å². The Bertz CT molecular complexity index is 675. The summed E-state index contributed by atoms with van der Waals surface area (Å²) < 4.78 is 24.5. The van der Waals surface area contributed by atoms with E-state index in [1.165, 1.54) is 0 Å². The molecule has 0 atom stereocenters. The van der Waals surface area contributed by atoms with E-state index in [1.54, 1.807) is 41.5 Å². The number of non-ortho nitro benzene ring substituents is 1. The van der Waals surface area contributed by atoms with Crippen molar-refractivity contribution in [3.8, 4) is 0 Å². The third-order valence-electron chi connectivity index (χ3n) is 3.05. The molecule has 0 radical (unpaired) electrons. The Labute approximate surface area is 151 Å². The normalized spacial score (nSPS) is 12.0. The highest BCUT2D eigenvalue weighted by atomic mass is 19.1. The van der Waals surface area contributed by atoms with E-state index in [-0.39, 0.29) is 11.3 Å². The number of esters is 2. The third kappa shape index (κ3) is 6.78. The lowest BCUT2D eigenvalue weighted by molar-refractivity contribution is -0.385. The fraction of sp³-hybridized carbons (Fsp3) is 0.556. The van der Waals surface area contributed by atoms with Gasteiger partial charge < -0.3 is 9.47 Å². The highest BCUT2D eigenvalue weighted by molar-refractivity contribution is 5.95. The molecule has 26 heavy (non-hydrogen) atoms. The van der Waals surface area contributed by atoms with Crippen molar-refractivity contribution >= 4 is 17.6 Å². The van der Waals surface area contributed by atoms with Gasteiger partial charge in [-0.1, -0.05) is 0 Å². The van der Waals surface area contributed by atoms with Crippen molar-refractivity contribution < 1.29 is 28.4 Å². The number of halogens is 1. The highest BCUT2D eigenvalue weighted by Crippen LogP contribution is 2.24. The van der Waals surface area contributed by atoms with Crippen LogP contribution in [0.4, 0.5) is 10.1 Å². The number of nitrogens with zero attached hydrogens (tertiary/aromatic N) is 1. The van der Waals surface area contributed by atoms with Gasteiger partial charge in [-0.05, 0) is 59.6 Å². The summed E-state index contributed by atoms with van der Waals surface area (Å²) in [4.78, 5) is 35.1. The van der Waals surface area contributed by atoms with Crippen molar-refractivity contribution in [2.75, 3.05) is 0 Å². The van der Waals surface area contributed by atoms with Crippen LogP contribution in [0, 0.1) is 21.8 Å². The zero-order chi connectivity index (χ0) is 20.3. The summed E-state index contributed by atoms with van der Waals surface area (Å²) in [6.07, 6.45) is -0.405. The van der Waals surface area contributed by atoms with Gasteiger partial charge in [-0.15, -0.1) is 0 Å². The molecular weight excluding hydrogens is 345 g/mol. The second-order valence-electron chi connectivity index (χ2n) is 7.86. The van der Waals surface area contributed by atoms with Crippen LogP contribution in [-0.4, -0.2) is 28.1 Å². The first-order valence-corrected chi connectivity index (χ1v) is 8.08. The maximum Gasteiger partial charge on any atom is 0.321 e. The molecule has 0 fully saturated rings. The molecule has 0 aliphatic carbocycles. The molecule has 1 aromatic carbocycles. The molecule has 0 aliphatic heterocycles. The minimum Gasteiger partial charge on any atom is -0.459 e. The fourth-order valence-electron chi connectivity index (χ4n) is 2.06. The molecule has 0 N–H and O–H groups in total. The van der Waals surface area contributed by atoms with Crippen LogP contribution in [0.5, 0.6) is 0 Å². The van der Waals surface area contributed by atoms with E-state index < -0.39 is 46.2 Å². The molecule has 0 aromatic heterocycles. The van der Waals surface area contributed by atoms with Crippen LogP contribution in [0.25, 0.3) is 0 Å². The standard InChI is InChI=1S/C18H24FNO6/c1-17(2,3)25-15(21)13(16(22)26-18(4,5)6)10-11-9-12(20(23)24)7-8-14(11)19/h7-9,13H,10H2,1-6H3. The van der Waals surface area contributed by atoms with Gasteiger partial charge in [0.1, 0.15) is 17.0 Å². The molecule has 0 saturated carbocycles. The third-order valence-corrected chi connectivity index (χ3v) is 3.05. The summed E-state index contributed by atoms with van der Waals surface area (Å²) in [5, 5.41) is 10.9. The van der Waals surface area contributed by atoms with Crippen LogP contribution < -0.4 is 0 Å². The Balaban J connectivity index is 3.20. The van der Waals surface area contributed by atoms with E-state index in [1.807, 2.05) is 0 Å². The monoisotopic (exact) mass is 369 g/mol. The lowest BCUT2D eigenvalue weighted by Crippen LogP contribution is -2.38. The van der Waals surface area contributed by atoms with Crippen molar-refractivity contribution in [3.63, 3.8) is 0 Å². The van der Waals surface area contributed by atoms with Crippen molar-refractivity contribution in [2.24, 2.45) is 5.92 Å². The van der Waals surface area contributed by atoms with Crippen LogP contribution in [-0.2, 0) is 25.5 Å². The summed E-state index contributed by atoms with van der Waals surface area (Å²) in [5.41, 5.74) is -2.20. The van der Waals surface area contributed by atoms with Gasteiger partial charge in [-0.2, -0.15) is 0 Å². The highest BCUT2D eigenvalue weighted by Gasteiger charge is 2.35. The first-order chi connectivity index (χ1) is 11.7. The Morgan fingerprint density at radius 1 is 1.08 bits per heavy atom. The molecular formula is C18H24FNO6. The first kappa shape index (κ1) is 21.5. The summed E-state index contributed by atoms with van der Waals surface area (Å²) >= 11 is 0. The van der Waals surface area contributed by atoms with Gasteiger partial charge in [0.2, 0.25) is 0 Å². The predicted octanol–water partition coefficient (Wildman–Crippen LogP) is 3.58. The van der Waals surface area contributed by atoms with Crippen LogP contribution in [0.1, 0.15) is 47.1 Å². The number of carbonyl (C=O) groups excluding carboxylic acids is 2. The molecule has 0 spiro atoms. The summed E-state index contributed by atoms with van der Waals surface area (Å²) in [6, 6.07) is 2.93. The van der Waals surface area contributed by atoms with Gasteiger partial charge in [0, 0.05) is 12.1 Å². The molecule has 8 heteroatoms. The van der Waals surface area contributed by atoms with E-state index in [4.69, 9.17) is 9.47 Å². The summed E-state index contributed by atoms with van der Waals surface area (Å²) in [6.45, 7) is 9.78. The number of rotatable bonds is 5. The van der Waals surface area contributed by atoms with Crippen molar-refractivity contribution in [1.29, 1.82) is 0 Å². The maximum absolute atomic E-state index is 14.1. The maximum atomic E-state index is 14.1. The molecule has 0 bridgehead atoms.